The molecule has 0 aromatic heterocycles. The zero-order chi connectivity index (χ0) is 10.7. The van der Waals surface area contributed by atoms with E-state index >= 15 is 0 Å². The van der Waals surface area contributed by atoms with Crippen molar-refractivity contribution in [3.63, 3.8) is 0 Å². The fraction of sp³-hybridized carbons (Fsp3) is 0.538. The highest BCUT2D eigenvalue weighted by Gasteiger charge is 2.32. The summed E-state index contributed by atoms with van der Waals surface area (Å²) in [4.78, 5) is 0. The first kappa shape index (κ1) is 10.5. The van der Waals surface area contributed by atoms with Crippen LogP contribution in [0, 0.1) is 6.92 Å². The minimum atomic E-state index is -0.0603. The van der Waals surface area contributed by atoms with Crippen molar-refractivity contribution in [3.05, 3.63) is 29.8 Å². The quantitative estimate of drug-likeness (QED) is 0.795. The topological polar surface area (TPSA) is 32.3 Å². The van der Waals surface area contributed by atoms with Crippen molar-refractivity contribution in [1.29, 1.82) is 0 Å². The van der Waals surface area contributed by atoms with Gasteiger partial charge in [-0.15, -0.1) is 0 Å². The fourth-order valence-corrected chi connectivity index (χ4v) is 2.32. The fourth-order valence-electron chi connectivity index (χ4n) is 2.32. The second-order valence-corrected chi connectivity index (χ2v) is 4.64. The number of aryl methyl sites for hydroxylation is 1. The first-order valence-electron chi connectivity index (χ1n) is 5.70. The van der Waals surface area contributed by atoms with Crippen molar-refractivity contribution in [2.75, 3.05) is 11.9 Å². The van der Waals surface area contributed by atoms with Crippen LogP contribution in [-0.4, -0.2) is 17.3 Å². The van der Waals surface area contributed by atoms with Gasteiger partial charge in [0.05, 0.1) is 12.1 Å². The van der Waals surface area contributed by atoms with Crippen molar-refractivity contribution < 1.29 is 5.11 Å². The van der Waals surface area contributed by atoms with Gasteiger partial charge in [-0.05, 0) is 31.9 Å². The highest BCUT2D eigenvalue weighted by molar-refractivity contribution is 5.47. The predicted octanol–water partition coefficient (Wildman–Crippen LogP) is 2.71. The van der Waals surface area contributed by atoms with Crippen LogP contribution in [0.2, 0.25) is 0 Å². The van der Waals surface area contributed by atoms with Gasteiger partial charge in [-0.3, -0.25) is 0 Å². The zero-order valence-corrected chi connectivity index (χ0v) is 9.29. The van der Waals surface area contributed by atoms with Gasteiger partial charge in [0.15, 0.2) is 0 Å². The van der Waals surface area contributed by atoms with Gasteiger partial charge in [0.2, 0.25) is 0 Å². The number of anilines is 1. The molecule has 0 radical (unpaired) electrons. The van der Waals surface area contributed by atoms with E-state index in [-0.39, 0.29) is 12.1 Å². The van der Waals surface area contributed by atoms with Crippen LogP contribution in [0.4, 0.5) is 5.69 Å². The van der Waals surface area contributed by atoms with E-state index in [9.17, 15) is 5.11 Å². The van der Waals surface area contributed by atoms with Crippen LogP contribution in [-0.2, 0) is 0 Å². The Morgan fingerprint density at radius 1 is 1.20 bits per heavy atom. The lowest BCUT2D eigenvalue weighted by atomic mass is 9.98. The van der Waals surface area contributed by atoms with E-state index in [1.54, 1.807) is 0 Å². The molecule has 0 heterocycles. The summed E-state index contributed by atoms with van der Waals surface area (Å²) in [6.45, 7) is 2.32. The molecule has 82 valence electrons. The largest absolute Gasteiger partial charge is 0.394 e. The van der Waals surface area contributed by atoms with Gasteiger partial charge in [0, 0.05) is 5.69 Å². The lowest BCUT2D eigenvalue weighted by Gasteiger charge is -2.29. The SMILES string of the molecule is Cc1ccc(NC2(CO)CCCC2)cc1. The van der Waals surface area contributed by atoms with Gasteiger partial charge in [-0.1, -0.05) is 30.5 Å². The van der Waals surface area contributed by atoms with Crippen molar-refractivity contribution in [2.45, 2.75) is 38.1 Å². The molecule has 0 spiro atoms. The number of hydrogen-bond acceptors (Lipinski definition) is 2. The smallest absolute Gasteiger partial charge is 0.0661 e. The third kappa shape index (κ3) is 2.32. The van der Waals surface area contributed by atoms with Crippen LogP contribution in [0.25, 0.3) is 0 Å². The molecule has 2 rings (SSSR count). The Hall–Kier alpha value is -1.02. The average Bonchev–Trinajstić information content (AvgIpc) is 2.71. The van der Waals surface area contributed by atoms with Crippen molar-refractivity contribution in [2.24, 2.45) is 0 Å². The van der Waals surface area contributed by atoms with Crippen LogP contribution in [0.3, 0.4) is 0 Å². The zero-order valence-electron chi connectivity index (χ0n) is 9.29. The minimum absolute atomic E-state index is 0.0603. The Morgan fingerprint density at radius 2 is 1.80 bits per heavy atom. The lowest BCUT2D eigenvalue weighted by Crippen LogP contribution is -2.38. The van der Waals surface area contributed by atoms with Gasteiger partial charge in [0.25, 0.3) is 0 Å². The summed E-state index contributed by atoms with van der Waals surface area (Å²) in [6.07, 6.45) is 4.60. The van der Waals surface area contributed by atoms with E-state index in [2.05, 4.69) is 36.5 Å². The number of hydrogen-bond donors (Lipinski definition) is 2. The molecule has 1 aliphatic carbocycles. The normalized spacial score (nSPS) is 19.1. The van der Waals surface area contributed by atoms with Gasteiger partial charge in [-0.2, -0.15) is 0 Å². The van der Waals surface area contributed by atoms with Gasteiger partial charge in [0.1, 0.15) is 0 Å². The molecular formula is C13H19NO. The Bertz CT molecular complexity index is 312. The summed E-state index contributed by atoms with van der Waals surface area (Å²) < 4.78 is 0. The Labute approximate surface area is 91.3 Å². The van der Waals surface area contributed by atoms with Crippen molar-refractivity contribution in [3.8, 4) is 0 Å². The van der Waals surface area contributed by atoms with Crippen LogP contribution in [0.1, 0.15) is 31.2 Å². The predicted molar refractivity (Wildman–Crippen MR) is 63.1 cm³/mol. The van der Waals surface area contributed by atoms with Gasteiger partial charge >= 0.3 is 0 Å². The summed E-state index contributed by atoms with van der Waals surface area (Å²) in [5, 5.41) is 13.0. The number of rotatable bonds is 3. The molecule has 2 N–H and O–H groups in total. The third-order valence-corrected chi connectivity index (χ3v) is 3.32. The molecule has 2 heteroatoms. The van der Waals surface area contributed by atoms with E-state index in [0.29, 0.717) is 0 Å². The molecule has 0 amide bonds. The first-order valence-corrected chi connectivity index (χ1v) is 5.70. The standard InChI is InChI=1S/C13H19NO/c1-11-4-6-12(7-5-11)14-13(10-15)8-2-3-9-13/h4-7,14-15H,2-3,8-10H2,1H3. The van der Waals surface area contributed by atoms with Crippen molar-refractivity contribution >= 4 is 5.69 Å². The maximum Gasteiger partial charge on any atom is 0.0661 e. The van der Waals surface area contributed by atoms with Crippen LogP contribution in [0.5, 0.6) is 0 Å². The van der Waals surface area contributed by atoms with Crippen LogP contribution >= 0.6 is 0 Å². The molecule has 1 saturated carbocycles. The van der Waals surface area contributed by atoms with Crippen LogP contribution in [0.15, 0.2) is 24.3 Å². The summed E-state index contributed by atoms with van der Waals surface area (Å²) >= 11 is 0. The summed E-state index contributed by atoms with van der Waals surface area (Å²) in [5.41, 5.74) is 2.33. The molecule has 0 atom stereocenters. The minimum Gasteiger partial charge on any atom is -0.394 e. The molecule has 0 unspecified atom stereocenters. The molecule has 1 aromatic rings. The third-order valence-electron chi connectivity index (χ3n) is 3.32. The van der Waals surface area contributed by atoms with Crippen LogP contribution < -0.4 is 5.32 Å². The van der Waals surface area contributed by atoms with Gasteiger partial charge in [-0.25, -0.2) is 0 Å². The monoisotopic (exact) mass is 205 g/mol. The molecule has 1 fully saturated rings. The molecule has 15 heavy (non-hydrogen) atoms. The molecule has 0 aliphatic heterocycles. The van der Waals surface area contributed by atoms with E-state index in [0.717, 1.165) is 18.5 Å². The number of nitrogens with one attached hydrogen (secondary N) is 1. The van der Waals surface area contributed by atoms with E-state index in [1.165, 1.54) is 18.4 Å². The Balaban J connectivity index is 2.09. The molecule has 0 bridgehead atoms. The first-order chi connectivity index (χ1) is 7.24. The second kappa shape index (κ2) is 4.23. The summed E-state index contributed by atoms with van der Waals surface area (Å²) in [7, 11) is 0. The van der Waals surface area contributed by atoms with E-state index < -0.39 is 0 Å². The molecule has 1 aromatic carbocycles. The average molecular weight is 205 g/mol. The number of benzene rings is 1. The van der Waals surface area contributed by atoms with E-state index in [4.69, 9.17) is 0 Å². The molecule has 0 saturated heterocycles. The highest BCUT2D eigenvalue weighted by Crippen LogP contribution is 2.32. The number of aliphatic hydroxyl groups excluding tert-OH is 1. The Morgan fingerprint density at radius 3 is 2.33 bits per heavy atom. The maximum atomic E-state index is 9.47. The Kier molecular flexibility index (Phi) is 2.96. The van der Waals surface area contributed by atoms with Crippen molar-refractivity contribution in [1.82, 2.24) is 0 Å². The summed E-state index contributed by atoms with van der Waals surface area (Å²) in [6, 6.07) is 8.38. The lowest BCUT2D eigenvalue weighted by molar-refractivity contribution is 0.214. The highest BCUT2D eigenvalue weighted by atomic mass is 16.3. The molecule has 2 nitrogen and oxygen atoms in total. The maximum absolute atomic E-state index is 9.47. The van der Waals surface area contributed by atoms with E-state index in [1.807, 2.05) is 0 Å². The summed E-state index contributed by atoms with van der Waals surface area (Å²) in [5.74, 6) is 0. The molecule has 1 aliphatic rings. The number of aliphatic hydroxyl groups is 1. The second-order valence-electron chi connectivity index (χ2n) is 4.64. The van der Waals surface area contributed by atoms with Gasteiger partial charge < -0.3 is 10.4 Å². The molecular weight excluding hydrogens is 186 g/mol.